The SMILES string of the molecule is CNCc1c(OC)cnn1C(C)C. The van der Waals surface area contributed by atoms with E-state index in [-0.39, 0.29) is 0 Å². The van der Waals surface area contributed by atoms with Crippen LogP contribution in [0.3, 0.4) is 0 Å². The highest BCUT2D eigenvalue weighted by atomic mass is 16.5. The van der Waals surface area contributed by atoms with Crippen LogP contribution in [0.25, 0.3) is 0 Å². The molecule has 1 aromatic rings. The molecule has 0 aliphatic rings. The van der Waals surface area contributed by atoms with E-state index in [0.717, 1.165) is 18.0 Å². The normalized spacial score (nSPS) is 10.8. The van der Waals surface area contributed by atoms with Crippen molar-refractivity contribution in [3.8, 4) is 5.75 Å². The lowest BCUT2D eigenvalue weighted by molar-refractivity contribution is 0.402. The Morgan fingerprint density at radius 2 is 2.31 bits per heavy atom. The second-order valence-electron chi connectivity index (χ2n) is 3.23. The fourth-order valence-electron chi connectivity index (χ4n) is 1.32. The number of aromatic nitrogens is 2. The number of nitrogens with zero attached hydrogens (tertiary/aromatic N) is 2. The summed E-state index contributed by atoms with van der Waals surface area (Å²) in [6.45, 7) is 4.98. The molecule has 0 saturated heterocycles. The zero-order valence-corrected chi connectivity index (χ0v) is 8.66. The van der Waals surface area contributed by atoms with Gasteiger partial charge >= 0.3 is 0 Å². The lowest BCUT2D eigenvalue weighted by atomic mass is 10.3. The molecular weight excluding hydrogens is 166 g/mol. The summed E-state index contributed by atoms with van der Waals surface area (Å²) in [6.07, 6.45) is 1.76. The van der Waals surface area contributed by atoms with Gasteiger partial charge in [-0.2, -0.15) is 5.10 Å². The molecule has 0 aliphatic heterocycles. The summed E-state index contributed by atoms with van der Waals surface area (Å²) < 4.78 is 7.17. The van der Waals surface area contributed by atoms with E-state index in [1.165, 1.54) is 0 Å². The molecule has 0 bridgehead atoms. The number of ether oxygens (including phenoxy) is 1. The molecule has 0 aliphatic carbocycles. The van der Waals surface area contributed by atoms with Gasteiger partial charge in [0.1, 0.15) is 0 Å². The van der Waals surface area contributed by atoms with Crippen LogP contribution in [-0.4, -0.2) is 23.9 Å². The van der Waals surface area contributed by atoms with Crippen molar-refractivity contribution in [2.75, 3.05) is 14.2 Å². The molecule has 0 saturated carbocycles. The molecule has 1 rings (SSSR count). The smallest absolute Gasteiger partial charge is 0.161 e. The third-order valence-corrected chi connectivity index (χ3v) is 1.91. The maximum Gasteiger partial charge on any atom is 0.161 e. The van der Waals surface area contributed by atoms with Gasteiger partial charge in [0, 0.05) is 12.6 Å². The first-order valence-electron chi connectivity index (χ1n) is 4.45. The van der Waals surface area contributed by atoms with Crippen LogP contribution >= 0.6 is 0 Å². The van der Waals surface area contributed by atoms with Crippen molar-refractivity contribution in [3.05, 3.63) is 11.9 Å². The van der Waals surface area contributed by atoms with Gasteiger partial charge in [-0.15, -0.1) is 0 Å². The summed E-state index contributed by atoms with van der Waals surface area (Å²) in [7, 11) is 3.58. The zero-order chi connectivity index (χ0) is 9.84. The molecule has 1 heterocycles. The monoisotopic (exact) mass is 183 g/mol. The van der Waals surface area contributed by atoms with E-state index in [0.29, 0.717) is 6.04 Å². The lowest BCUT2D eigenvalue weighted by Crippen LogP contribution is -2.14. The number of methoxy groups -OCH3 is 1. The summed E-state index contributed by atoms with van der Waals surface area (Å²) >= 11 is 0. The zero-order valence-electron chi connectivity index (χ0n) is 8.66. The summed E-state index contributed by atoms with van der Waals surface area (Å²) in [5.74, 6) is 0.850. The fourth-order valence-corrected chi connectivity index (χ4v) is 1.32. The van der Waals surface area contributed by atoms with E-state index < -0.39 is 0 Å². The third kappa shape index (κ3) is 2.01. The summed E-state index contributed by atoms with van der Waals surface area (Å²) in [5.41, 5.74) is 1.10. The Morgan fingerprint density at radius 3 is 2.77 bits per heavy atom. The Morgan fingerprint density at radius 1 is 1.62 bits per heavy atom. The molecule has 0 spiro atoms. The minimum atomic E-state index is 0.368. The first-order chi connectivity index (χ1) is 6.20. The van der Waals surface area contributed by atoms with Gasteiger partial charge in [0.2, 0.25) is 0 Å². The van der Waals surface area contributed by atoms with E-state index in [1.54, 1.807) is 13.3 Å². The second kappa shape index (κ2) is 4.28. The maximum absolute atomic E-state index is 5.21. The van der Waals surface area contributed by atoms with Gasteiger partial charge in [-0.3, -0.25) is 4.68 Å². The minimum absolute atomic E-state index is 0.368. The first kappa shape index (κ1) is 10.1. The molecule has 13 heavy (non-hydrogen) atoms. The van der Waals surface area contributed by atoms with Crippen LogP contribution in [0.4, 0.5) is 0 Å². The fraction of sp³-hybridized carbons (Fsp3) is 0.667. The highest BCUT2D eigenvalue weighted by Gasteiger charge is 2.11. The quantitative estimate of drug-likeness (QED) is 0.762. The molecule has 0 amide bonds. The largest absolute Gasteiger partial charge is 0.493 e. The van der Waals surface area contributed by atoms with Gasteiger partial charge in [0.15, 0.2) is 5.75 Å². The van der Waals surface area contributed by atoms with E-state index in [9.17, 15) is 0 Å². The molecule has 4 nitrogen and oxygen atoms in total. The van der Waals surface area contributed by atoms with Crippen molar-refractivity contribution in [3.63, 3.8) is 0 Å². The van der Waals surface area contributed by atoms with Gasteiger partial charge in [-0.05, 0) is 20.9 Å². The van der Waals surface area contributed by atoms with Crippen LogP contribution in [0.1, 0.15) is 25.6 Å². The summed E-state index contributed by atoms with van der Waals surface area (Å²) in [6, 6.07) is 0.368. The van der Waals surface area contributed by atoms with Crippen molar-refractivity contribution in [1.29, 1.82) is 0 Å². The number of hydrogen-bond acceptors (Lipinski definition) is 3. The number of rotatable bonds is 4. The Labute approximate surface area is 78.9 Å². The molecule has 0 fully saturated rings. The van der Waals surface area contributed by atoms with Crippen molar-refractivity contribution in [1.82, 2.24) is 15.1 Å². The average Bonchev–Trinajstić information content (AvgIpc) is 2.48. The van der Waals surface area contributed by atoms with E-state index >= 15 is 0 Å². The van der Waals surface area contributed by atoms with Crippen molar-refractivity contribution in [2.45, 2.75) is 26.4 Å². The van der Waals surface area contributed by atoms with Gasteiger partial charge in [-0.25, -0.2) is 0 Å². The third-order valence-electron chi connectivity index (χ3n) is 1.91. The maximum atomic E-state index is 5.21. The highest BCUT2D eigenvalue weighted by molar-refractivity contribution is 5.25. The Balaban J connectivity index is 2.99. The predicted molar refractivity (Wildman–Crippen MR) is 51.9 cm³/mol. The van der Waals surface area contributed by atoms with Crippen LogP contribution in [0, 0.1) is 0 Å². The molecule has 1 aromatic heterocycles. The minimum Gasteiger partial charge on any atom is -0.493 e. The highest BCUT2D eigenvalue weighted by Crippen LogP contribution is 2.20. The van der Waals surface area contributed by atoms with Crippen LogP contribution in [0.5, 0.6) is 5.75 Å². The Hall–Kier alpha value is -1.03. The molecule has 74 valence electrons. The van der Waals surface area contributed by atoms with Gasteiger partial charge in [0.05, 0.1) is 19.0 Å². The second-order valence-corrected chi connectivity index (χ2v) is 3.23. The molecule has 0 radical (unpaired) electrons. The molecule has 0 aromatic carbocycles. The Kier molecular flexibility index (Phi) is 3.31. The van der Waals surface area contributed by atoms with Gasteiger partial charge < -0.3 is 10.1 Å². The number of nitrogens with one attached hydrogen (secondary N) is 1. The van der Waals surface area contributed by atoms with Crippen molar-refractivity contribution >= 4 is 0 Å². The van der Waals surface area contributed by atoms with Crippen molar-refractivity contribution in [2.24, 2.45) is 0 Å². The van der Waals surface area contributed by atoms with Crippen LogP contribution in [-0.2, 0) is 6.54 Å². The van der Waals surface area contributed by atoms with E-state index in [4.69, 9.17) is 4.74 Å². The van der Waals surface area contributed by atoms with E-state index in [1.807, 2.05) is 11.7 Å². The lowest BCUT2D eigenvalue weighted by Gasteiger charge is -2.11. The predicted octanol–water partition coefficient (Wildman–Crippen LogP) is 1.19. The van der Waals surface area contributed by atoms with Gasteiger partial charge in [0.25, 0.3) is 0 Å². The van der Waals surface area contributed by atoms with Crippen LogP contribution in [0.15, 0.2) is 6.20 Å². The molecule has 4 heteroatoms. The summed E-state index contributed by atoms with van der Waals surface area (Å²) in [5, 5.41) is 7.36. The van der Waals surface area contributed by atoms with Gasteiger partial charge in [-0.1, -0.05) is 0 Å². The molecule has 0 atom stereocenters. The summed E-state index contributed by atoms with van der Waals surface area (Å²) in [4.78, 5) is 0. The standard InChI is InChI=1S/C9H17N3O/c1-7(2)12-8(5-10-3)9(13-4)6-11-12/h6-7,10H,5H2,1-4H3. The van der Waals surface area contributed by atoms with Crippen LogP contribution < -0.4 is 10.1 Å². The molecule has 1 N–H and O–H groups in total. The number of hydrogen-bond donors (Lipinski definition) is 1. The first-order valence-corrected chi connectivity index (χ1v) is 4.45. The van der Waals surface area contributed by atoms with E-state index in [2.05, 4.69) is 24.3 Å². The Bertz CT molecular complexity index is 268. The molecular formula is C9H17N3O. The van der Waals surface area contributed by atoms with Crippen molar-refractivity contribution < 1.29 is 4.74 Å². The van der Waals surface area contributed by atoms with Crippen LogP contribution in [0.2, 0.25) is 0 Å². The molecule has 0 unspecified atom stereocenters. The average molecular weight is 183 g/mol. The topological polar surface area (TPSA) is 39.1 Å².